The largest absolute Gasteiger partial charge is 0.338 e. The highest BCUT2D eigenvalue weighted by molar-refractivity contribution is 5.90. The molecular weight excluding hydrogens is 454 g/mol. The van der Waals surface area contributed by atoms with Gasteiger partial charge in [-0.25, -0.2) is 22.0 Å². The number of halogens is 6. The molecule has 0 heterocycles. The van der Waals surface area contributed by atoms with Gasteiger partial charge in [0.25, 0.3) is 0 Å². The zero-order valence-corrected chi connectivity index (χ0v) is 18.8. The van der Waals surface area contributed by atoms with E-state index in [1.807, 2.05) is 32.9 Å². The molecule has 0 radical (unpaired) electrons. The Hall–Kier alpha value is -3.61. The molecule has 0 aliphatic rings. The highest BCUT2D eigenvalue weighted by Gasteiger charge is 2.20. The monoisotopic (exact) mass is 474 g/mol. The predicted molar refractivity (Wildman–Crippen MR) is 120 cm³/mol. The molecule has 0 fully saturated rings. The number of carbonyl (C=O) groups excluding carboxylic acids is 1. The number of rotatable bonds is 2. The molecule has 34 heavy (non-hydrogen) atoms. The number of fused-ring (bicyclic) bond motifs is 1. The minimum atomic E-state index is -2.11. The van der Waals surface area contributed by atoms with E-state index in [1.54, 1.807) is 0 Å². The van der Waals surface area contributed by atoms with Crippen LogP contribution in [-0.4, -0.2) is 6.04 Å². The minimum absolute atomic E-state index is 0.0379. The summed E-state index contributed by atoms with van der Waals surface area (Å²) in [5, 5.41) is 0.482. The van der Waals surface area contributed by atoms with Crippen LogP contribution < -0.4 is 0 Å². The fourth-order valence-electron chi connectivity index (χ4n) is 3.95. The van der Waals surface area contributed by atoms with Gasteiger partial charge in [-0.15, -0.1) is 0 Å². The Labute approximate surface area is 192 Å². The highest BCUT2D eigenvalue weighted by atomic mass is 19.2. The summed E-state index contributed by atoms with van der Waals surface area (Å²) in [6, 6.07) is 8.37. The van der Waals surface area contributed by atoms with Crippen LogP contribution in [0.3, 0.4) is 0 Å². The second-order valence-corrected chi connectivity index (χ2v) is 8.03. The molecule has 176 valence electrons. The van der Waals surface area contributed by atoms with Gasteiger partial charge in [-0.3, -0.25) is 4.79 Å². The average Bonchev–Trinajstić information content (AvgIpc) is 2.71. The zero-order valence-electron chi connectivity index (χ0n) is 18.8. The molecule has 0 N–H and O–H groups in total. The summed E-state index contributed by atoms with van der Waals surface area (Å²) in [5.41, 5.74) is 2.56. The molecule has 1 nitrogen and oxygen atoms in total. The van der Waals surface area contributed by atoms with Crippen LogP contribution in [0.1, 0.15) is 32.6 Å². The van der Waals surface area contributed by atoms with Gasteiger partial charge >= 0.3 is 6.04 Å². The van der Waals surface area contributed by atoms with E-state index in [1.165, 1.54) is 13.0 Å². The SMILES string of the molecule is Cc1c(F)cc2cc(F)ccc2c1F.Cc1cc(C)c(-c2cc(F)c(C(=O)F)c(F)c2)c(C)c1. The van der Waals surface area contributed by atoms with Crippen LogP contribution in [0.4, 0.5) is 26.3 Å². The minimum Gasteiger partial charge on any atom is -0.255 e. The van der Waals surface area contributed by atoms with Crippen molar-refractivity contribution in [2.24, 2.45) is 0 Å². The zero-order chi connectivity index (χ0) is 25.3. The fourth-order valence-corrected chi connectivity index (χ4v) is 3.95. The second-order valence-electron chi connectivity index (χ2n) is 8.03. The van der Waals surface area contributed by atoms with Crippen molar-refractivity contribution in [1.29, 1.82) is 0 Å². The van der Waals surface area contributed by atoms with Crippen molar-refractivity contribution in [1.82, 2.24) is 0 Å². The molecule has 0 amide bonds. The lowest BCUT2D eigenvalue weighted by Gasteiger charge is -2.12. The Morgan fingerprint density at radius 2 is 1.26 bits per heavy atom. The van der Waals surface area contributed by atoms with E-state index in [2.05, 4.69) is 0 Å². The molecule has 4 aromatic carbocycles. The van der Waals surface area contributed by atoms with Crippen molar-refractivity contribution in [3.63, 3.8) is 0 Å². The first-order valence-corrected chi connectivity index (χ1v) is 10.2. The predicted octanol–water partition coefficient (Wildman–Crippen LogP) is 8.23. The van der Waals surface area contributed by atoms with E-state index < -0.39 is 40.7 Å². The van der Waals surface area contributed by atoms with Gasteiger partial charge < -0.3 is 0 Å². The maximum absolute atomic E-state index is 13.7. The Bertz CT molecular complexity index is 1380. The summed E-state index contributed by atoms with van der Waals surface area (Å²) >= 11 is 0. The summed E-state index contributed by atoms with van der Waals surface area (Å²) in [7, 11) is 0. The van der Waals surface area contributed by atoms with Gasteiger partial charge in [0.05, 0.1) is 0 Å². The molecular formula is C27H20F6O. The molecule has 0 saturated carbocycles. The molecule has 4 rings (SSSR count). The van der Waals surface area contributed by atoms with E-state index in [-0.39, 0.29) is 16.3 Å². The Kier molecular flexibility index (Phi) is 7.15. The van der Waals surface area contributed by atoms with Crippen molar-refractivity contribution in [3.8, 4) is 11.1 Å². The Morgan fingerprint density at radius 1 is 0.706 bits per heavy atom. The van der Waals surface area contributed by atoms with Crippen LogP contribution in [0.2, 0.25) is 0 Å². The van der Waals surface area contributed by atoms with Gasteiger partial charge in [0.1, 0.15) is 34.6 Å². The van der Waals surface area contributed by atoms with Crippen molar-refractivity contribution < 1.29 is 31.1 Å². The Balaban J connectivity index is 0.000000202. The number of hydrogen-bond donors (Lipinski definition) is 0. The molecule has 0 aliphatic heterocycles. The summed E-state index contributed by atoms with van der Waals surface area (Å²) in [6.45, 7) is 6.95. The van der Waals surface area contributed by atoms with Crippen LogP contribution in [0.15, 0.2) is 48.5 Å². The maximum Gasteiger partial charge on any atom is 0.338 e. The van der Waals surface area contributed by atoms with Gasteiger partial charge in [0.15, 0.2) is 0 Å². The summed E-state index contributed by atoms with van der Waals surface area (Å²) < 4.78 is 79.2. The lowest BCUT2D eigenvalue weighted by molar-refractivity contribution is 0.0826. The van der Waals surface area contributed by atoms with Gasteiger partial charge in [0, 0.05) is 10.9 Å². The smallest absolute Gasteiger partial charge is 0.255 e. The van der Waals surface area contributed by atoms with Crippen LogP contribution in [0, 0.1) is 56.8 Å². The molecule has 0 aliphatic carbocycles. The third-order valence-corrected chi connectivity index (χ3v) is 5.42. The van der Waals surface area contributed by atoms with Crippen molar-refractivity contribution in [2.45, 2.75) is 27.7 Å². The molecule has 0 aromatic heterocycles. The lowest BCUT2D eigenvalue weighted by atomic mass is 9.93. The molecule has 0 saturated heterocycles. The van der Waals surface area contributed by atoms with Gasteiger partial charge in [-0.05, 0) is 91.7 Å². The maximum atomic E-state index is 13.7. The Morgan fingerprint density at radius 3 is 1.79 bits per heavy atom. The number of benzene rings is 4. The topological polar surface area (TPSA) is 17.1 Å². The quantitative estimate of drug-likeness (QED) is 0.211. The number of carbonyl (C=O) groups is 1. The fraction of sp³-hybridized carbons (Fsp3) is 0.148. The van der Waals surface area contributed by atoms with E-state index in [0.29, 0.717) is 11.1 Å². The van der Waals surface area contributed by atoms with Crippen LogP contribution in [0.5, 0.6) is 0 Å². The first-order chi connectivity index (χ1) is 15.9. The van der Waals surface area contributed by atoms with E-state index in [4.69, 9.17) is 0 Å². The standard InChI is InChI=1S/C16H13F3O.C11H7F3/c1-8-4-9(2)14(10(3)5-8)11-6-12(17)15(16(19)20)13(18)7-11;1-6-10(13)5-7-4-8(12)2-3-9(7)11(6)14/h4-7H,1-3H3;2-5H,1H3. The third kappa shape index (κ3) is 4.98. The van der Waals surface area contributed by atoms with E-state index >= 15 is 0 Å². The average molecular weight is 474 g/mol. The second kappa shape index (κ2) is 9.71. The summed E-state index contributed by atoms with van der Waals surface area (Å²) in [4.78, 5) is 10.6. The van der Waals surface area contributed by atoms with Gasteiger partial charge in [0.2, 0.25) is 0 Å². The van der Waals surface area contributed by atoms with Crippen molar-refractivity contribution >= 4 is 16.8 Å². The first-order valence-electron chi connectivity index (χ1n) is 10.2. The van der Waals surface area contributed by atoms with Crippen molar-refractivity contribution in [3.05, 3.63) is 105 Å². The van der Waals surface area contributed by atoms with E-state index in [9.17, 15) is 31.1 Å². The lowest BCUT2D eigenvalue weighted by Crippen LogP contribution is -2.02. The highest BCUT2D eigenvalue weighted by Crippen LogP contribution is 2.31. The summed E-state index contributed by atoms with van der Waals surface area (Å²) in [5.74, 6) is -4.15. The first kappa shape index (κ1) is 25.0. The molecule has 7 heteroatoms. The molecule has 0 atom stereocenters. The van der Waals surface area contributed by atoms with Crippen LogP contribution in [0.25, 0.3) is 21.9 Å². The van der Waals surface area contributed by atoms with Gasteiger partial charge in [-0.1, -0.05) is 17.7 Å². The molecule has 0 bridgehead atoms. The number of aryl methyl sites for hydroxylation is 3. The molecule has 0 unspecified atom stereocenters. The van der Waals surface area contributed by atoms with Crippen LogP contribution >= 0.6 is 0 Å². The van der Waals surface area contributed by atoms with Crippen LogP contribution in [-0.2, 0) is 0 Å². The van der Waals surface area contributed by atoms with Gasteiger partial charge in [-0.2, -0.15) is 4.39 Å². The van der Waals surface area contributed by atoms with E-state index in [0.717, 1.165) is 47.0 Å². The third-order valence-electron chi connectivity index (χ3n) is 5.42. The number of hydrogen-bond acceptors (Lipinski definition) is 1. The molecule has 4 aromatic rings. The van der Waals surface area contributed by atoms with Crippen molar-refractivity contribution in [2.75, 3.05) is 0 Å². The molecule has 0 spiro atoms. The summed E-state index contributed by atoms with van der Waals surface area (Å²) in [6.07, 6.45) is 0. The normalized spacial score (nSPS) is 10.8.